The van der Waals surface area contributed by atoms with Crippen molar-refractivity contribution in [3.05, 3.63) is 35.1 Å². The highest BCUT2D eigenvalue weighted by molar-refractivity contribution is 5.97. The molecule has 0 aliphatic carbocycles. The average molecular weight is 267 g/mol. The Labute approximate surface area is 111 Å². The Bertz CT molecular complexity index is 479. The number of halogens is 1. The molecule has 6 heteroatoms. The van der Waals surface area contributed by atoms with Gasteiger partial charge in [-0.3, -0.25) is 4.90 Å². The van der Waals surface area contributed by atoms with E-state index in [0.717, 1.165) is 19.4 Å². The monoisotopic (exact) mass is 267 g/mol. The van der Waals surface area contributed by atoms with Crippen LogP contribution in [0.1, 0.15) is 24.0 Å². The van der Waals surface area contributed by atoms with Gasteiger partial charge in [0.1, 0.15) is 5.82 Å². The second-order valence-corrected chi connectivity index (χ2v) is 4.82. The normalized spacial score (nSPS) is 21.6. The summed E-state index contributed by atoms with van der Waals surface area (Å²) in [5.41, 5.74) is 6.30. The van der Waals surface area contributed by atoms with Gasteiger partial charge in [0.15, 0.2) is 5.84 Å². The Morgan fingerprint density at radius 3 is 2.95 bits per heavy atom. The van der Waals surface area contributed by atoms with Crippen molar-refractivity contribution >= 4 is 5.84 Å². The summed E-state index contributed by atoms with van der Waals surface area (Å²) < 4.78 is 13.9. The van der Waals surface area contributed by atoms with E-state index in [4.69, 9.17) is 10.9 Å². The number of aliphatic hydroxyl groups excluding tert-OH is 1. The van der Waals surface area contributed by atoms with E-state index in [-0.39, 0.29) is 17.8 Å². The zero-order chi connectivity index (χ0) is 13.8. The van der Waals surface area contributed by atoms with E-state index in [9.17, 15) is 9.50 Å². The lowest BCUT2D eigenvalue weighted by Gasteiger charge is -2.30. The van der Waals surface area contributed by atoms with Crippen LogP contribution in [0.15, 0.2) is 23.4 Å². The summed E-state index contributed by atoms with van der Waals surface area (Å²) in [4.78, 5) is 2.02. The zero-order valence-electron chi connectivity index (χ0n) is 10.6. The Morgan fingerprint density at radius 2 is 2.32 bits per heavy atom. The molecule has 1 saturated heterocycles. The first-order valence-electron chi connectivity index (χ1n) is 6.27. The molecule has 1 aliphatic rings. The molecule has 0 radical (unpaired) electrons. The lowest BCUT2D eigenvalue weighted by atomic mass is 10.1. The van der Waals surface area contributed by atoms with Crippen molar-refractivity contribution in [3.63, 3.8) is 0 Å². The van der Waals surface area contributed by atoms with Gasteiger partial charge < -0.3 is 16.0 Å². The second kappa shape index (κ2) is 5.99. The quantitative estimate of drug-likeness (QED) is 0.328. The topological polar surface area (TPSA) is 82.1 Å². The number of hydrogen-bond donors (Lipinski definition) is 3. The van der Waals surface area contributed by atoms with E-state index in [1.807, 2.05) is 4.90 Å². The summed E-state index contributed by atoms with van der Waals surface area (Å²) in [7, 11) is 0. The first kappa shape index (κ1) is 13.8. The smallest absolute Gasteiger partial charge is 0.170 e. The van der Waals surface area contributed by atoms with Crippen LogP contribution in [-0.2, 0) is 6.54 Å². The SMILES string of the molecule is N/C(=N/O)c1ccc(CN2CCCC(O)C2)c(F)c1. The molecule has 0 amide bonds. The molecule has 1 aromatic carbocycles. The predicted molar refractivity (Wildman–Crippen MR) is 69.4 cm³/mol. The molecule has 0 saturated carbocycles. The third-order valence-electron chi connectivity index (χ3n) is 3.33. The molecule has 0 spiro atoms. The van der Waals surface area contributed by atoms with Gasteiger partial charge in [-0.05, 0) is 25.5 Å². The van der Waals surface area contributed by atoms with Gasteiger partial charge in [0.25, 0.3) is 0 Å². The van der Waals surface area contributed by atoms with Gasteiger partial charge in [-0.25, -0.2) is 4.39 Å². The van der Waals surface area contributed by atoms with E-state index in [0.29, 0.717) is 24.2 Å². The average Bonchev–Trinajstić information content (AvgIpc) is 2.40. The van der Waals surface area contributed by atoms with Gasteiger partial charge in [-0.15, -0.1) is 0 Å². The second-order valence-electron chi connectivity index (χ2n) is 4.82. The van der Waals surface area contributed by atoms with Crippen LogP contribution in [0.4, 0.5) is 4.39 Å². The molecule has 1 unspecified atom stereocenters. The lowest BCUT2D eigenvalue weighted by molar-refractivity contribution is 0.0663. The number of oxime groups is 1. The summed E-state index contributed by atoms with van der Waals surface area (Å²) in [6.45, 7) is 1.89. The molecule has 19 heavy (non-hydrogen) atoms. The molecule has 1 fully saturated rings. The number of nitrogens with zero attached hydrogens (tertiary/aromatic N) is 2. The highest BCUT2D eigenvalue weighted by atomic mass is 19.1. The van der Waals surface area contributed by atoms with Crippen LogP contribution in [0.25, 0.3) is 0 Å². The van der Waals surface area contributed by atoms with Crippen molar-refractivity contribution in [1.29, 1.82) is 0 Å². The molecular formula is C13H18FN3O2. The summed E-state index contributed by atoms with van der Waals surface area (Å²) in [5, 5.41) is 21.0. The number of rotatable bonds is 3. The molecule has 1 atom stereocenters. The summed E-state index contributed by atoms with van der Waals surface area (Å²) in [5.74, 6) is -0.497. The van der Waals surface area contributed by atoms with Crippen LogP contribution in [0, 0.1) is 5.82 Å². The predicted octanol–water partition coefficient (Wildman–Crippen LogP) is 0.877. The van der Waals surface area contributed by atoms with E-state index in [2.05, 4.69) is 5.16 Å². The Kier molecular flexibility index (Phi) is 4.34. The number of amidine groups is 1. The van der Waals surface area contributed by atoms with Gasteiger partial charge in [-0.1, -0.05) is 17.3 Å². The molecule has 104 valence electrons. The van der Waals surface area contributed by atoms with Crippen LogP contribution in [0.2, 0.25) is 0 Å². The van der Waals surface area contributed by atoms with Crippen LogP contribution in [-0.4, -0.2) is 40.2 Å². The van der Waals surface area contributed by atoms with Crippen molar-refractivity contribution in [2.24, 2.45) is 10.9 Å². The fourth-order valence-electron chi connectivity index (χ4n) is 2.31. The molecule has 0 aromatic heterocycles. The van der Waals surface area contributed by atoms with Gasteiger partial charge in [0.05, 0.1) is 6.10 Å². The van der Waals surface area contributed by atoms with Gasteiger partial charge in [0, 0.05) is 24.2 Å². The molecule has 5 nitrogen and oxygen atoms in total. The highest BCUT2D eigenvalue weighted by Gasteiger charge is 2.18. The van der Waals surface area contributed by atoms with Crippen molar-refractivity contribution < 1.29 is 14.7 Å². The van der Waals surface area contributed by atoms with E-state index in [1.165, 1.54) is 6.07 Å². The molecule has 2 rings (SSSR count). The van der Waals surface area contributed by atoms with Gasteiger partial charge >= 0.3 is 0 Å². The minimum Gasteiger partial charge on any atom is -0.409 e. The largest absolute Gasteiger partial charge is 0.409 e. The number of likely N-dealkylation sites (tertiary alicyclic amines) is 1. The zero-order valence-corrected chi connectivity index (χ0v) is 10.6. The number of benzene rings is 1. The van der Waals surface area contributed by atoms with Crippen molar-refractivity contribution in [3.8, 4) is 0 Å². The number of piperidine rings is 1. The van der Waals surface area contributed by atoms with E-state index in [1.54, 1.807) is 12.1 Å². The molecular weight excluding hydrogens is 249 g/mol. The first-order chi connectivity index (χ1) is 9.10. The number of nitrogens with two attached hydrogens (primary N) is 1. The third kappa shape index (κ3) is 3.42. The third-order valence-corrected chi connectivity index (χ3v) is 3.33. The van der Waals surface area contributed by atoms with Gasteiger partial charge in [0.2, 0.25) is 0 Å². The number of β-amino-alcohol motifs (C(OH)–C–C–N with tert-alkyl or cyclic N) is 1. The van der Waals surface area contributed by atoms with Crippen LogP contribution < -0.4 is 5.73 Å². The fourth-order valence-corrected chi connectivity index (χ4v) is 2.31. The van der Waals surface area contributed by atoms with Crippen molar-refractivity contribution in [2.45, 2.75) is 25.5 Å². The van der Waals surface area contributed by atoms with E-state index >= 15 is 0 Å². The highest BCUT2D eigenvalue weighted by Crippen LogP contribution is 2.17. The van der Waals surface area contributed by atoms with Crippen molar-refractivity contribution in [1.82, 2.24) is 4.90 Å². The summed E-state index contributed by atoms with van der Waals surface area (Å²) >= 11 is 0. The summed E-state index contributed by atoms with van der Waals surface area (Å²) in [6, 6.07) is 4.50. The minimum absolute atomic E-state index is 0.112. The molecule has 4 N–H and O–H groups in total. The van der Waals surface area contributed by atoms with Crippen LogP contribution in [0.3, 0.4) is 0 Å². The van der Waals surface area contributed by atoms with Crippen LogP contribution >= 0.6 is 0 Å². The Morgan fingerprint density at radius 1 is 1.53 bits per heavy atom. The minimum atomic E-state index is -0.385. The fraction of sp³-hybridized carbons (Fsp3) is 0.462. The summed E-state index contributed by atoms with van der Waals surface area (Å²) in [6.07, 6.45) is 1.40. The Balaban J connectivity index is 2.09. The Hall–Kier alpha value is -1.66. The van der Waals surface area contributed by atoms with E-state index < -0.39 is 0 Å². The van der Waals surface area contributed by atoms with Crippen LogP contribution in [0.5, 0.6) is 0 Å². The van der Waals surface area contributed by atoms with Gasteiger partial charge in [-0.2, -0.15) is 0 Å². The first-order valence-corrected chi connectivity index (χ1v) is 6.27. The maximum atomic E-state index is 13.9. The molecule has 1 aliphatic heterocycles. The lowest BCUT2D eigenvalue weighted by Crippen LogP contribution is -2.37. The molecule has 1 aromatic rings. The maximum Gasteiger partial charge on any atom is 0.170 e. The maximum absolute atomic E-state index is 13.9. The molecule has 0 bridgehead atoms. The number of aliphatic hydroxyl groups is 1. The van der Waals surface area contributed by atoms with Crippen molar-refractivity contribution in [2.75, 3.05) is 13.1 Å². The standard InChI is InChI=1S/C13H18FN3O2/c14-12-6-9(13(15)16-19)3-4-10(12)7-17-5-1-2-11(18)8-17/h3-4,6,11,18-19H,1-2,5,7-8H2,(H2,15,16). The number of hydrogen-bond acceptors (Lipinski definition) is 4. The molecule has 1 heterocycles.